The Balaban J connectivity index is 2.45. The van der Waals surface area contributed by atoms with Crippen molar-refractivity contribution in [3.05, 3.63) is 52.8 Å². The molecular weight excluding hydrogens is 291 g/mol. The van der Waals surface area contributed by atoms with Crippen LogP contribution in [-0.2, 0) is 10.0 Å². The SMILES string of the molecule is Cc1cc(N)c(C)c(S(=O)(=O)Nc2ccc(F)c(C)c2)c1. The summed E-state index contributed by atoms with van der Waals surface area (Å²) in [6, 6.07) is 7.33. The third kappa shape index (κ3) is 3.16. The molecule has 0 aliphatic rings. The smallest absolute Gasteiger partial charge is 0.262 e. The third-order valence-corrected chi connectivity index (χ3v) is 4.75. The van der Waals surface area contributed by atoms with Gasteiger partial charge in [0.05, 0.1) is 4.90 Å². The summed E-state index contributed by atoms with van der Waals surface area (Å²) in [5, 5.41) is 0. The van der Waals surface area contributed by atoms with Crippen molar-refractivity contribution in [3.63, 3.8) is 0 Å². The normalized spacial score (nSPS) is 11.4. The molecule has 0 saturated heterocycles. The van der Waals surface area contributed by atoms with Crippen LogP contribution >= 0.6 is 0 Å². The van der Waals surface area contributed by atoms with Gasteiger partial charge in [0.2, 0.25) is 0 Å². The topological polar surface area (TPSA) is 72.2 Å². The van der Waals surface area contributed by atoms with Gasteiger partial charge in [0.15, 0.2) is 0 Å². The highest BCUT2D eigenvalue weighted by Gasteiger charge is 2.19. The lowest BCUT2D eigenvalue weighted by molar-refractivity contribution is 0.600. The van der Waals surface area contributed by atoms with Gasteiger partial charge in [-0.15, -0.1) is 0 Å². The Hall–Kier alpha value is -2.08. The molecule has 0 amide bonds. The van der Waals surface area contributed by atoms with Crippen molar-refractivity contribution in [1.29, 1.82) is 0 Å². The van der Waals surface area contributed by atoms with Crippen LogP contribution in [0.3, 0.4) is 0 Å². The molecule has 2 rings (SSSR count). The number of nitrogen functional groups attached to an aromatic ring is 1. The van der Waals surface area contributed by atoms with E-state index >= 15 is 0 Å². The fraction of sp³-hybridized carbons (Fsp3) is 0.200. The predicted molar refractivity (Wildman–Crippen MR) is 82.3 cm³/mol. The fourth-order valence-corrected chi connectivity index (χ4v) is 3.46. The van der Waals surface area contributed by atoms with E-state index in [9.17, 15) is 12.8 Å². The Bertz CT molecular complexity index is 802. The number of hydrogen-bond acceptors (Lipinski definition) is 3. The van der Waals surface area contributed by atoms with Crippen LogP contribution in [0, 0.1) is 26.6 Å². The molecule has 0 radical (unpaired) electrons. The summed E-state index contributed by atoms with van der Waals surface area (Å²) in [5.41, 5.74) is 8.17. The average Bonchev–Trinajstić information content (AvgIpc) is 2.37. The summed E-state index contributed by atoms with van der Waals surface area (Å²) < 4.78 is 40.6. The van der Waals surface area contributed by atoms with E-state index in [1.165, 1.54) is 18.2 Å². The highest BCUT2D eigenvalue weighted by atomic mass is 32.2. The summed E-state index contributed by atoms with van der Waals surface area (Å²) in [4.78, 5) is 0.127. The lowest BCUT2D eigenvalue weighted by Crippen LogP contribution is -2.15. The van der Waals surface area contributed by atoms with Crippen molar-refractivity contribution in [1.82, 2.24) is 0 Å². The summed E-state index contributed by atoms with van der Waals surface area (Å²) in [5.74, 6) is -0.381. The number of benzene rings is 2. The number of anilines is 2. The molecule has 6 heteroatoms. The molecule has 21 heavy (non-hydrogen) atoms. The van der Waals surface area contributed by atoms with E-state index in [2.05, 4.69) is 4.72 Å². The zero-order valence-electron chi connectivity index (χ0n) is 12.1. The molecule has 0 unspecified atom stereocenters. The Morgan fingerprint density at radius 1 is 1.10 bits per heavy atom. The minimum atomic E-state index is -3.77. The zero-order chi connectivity index (χ0) is 15.8. The minimum absolute atomic E-state index is 0.127. The van der Waals surface area contributed by atoms with Crippen LogP contribution in [0.4, 0.5) is 15.8 Å². The fourth-order valence-electron chi connectivity index (χ4n) is 2.05. The number of aryl methyl sites for hydroxylation is 2. The van der Waals surface area contributed by atoms with E-state index in [0.717, 1.165) is 5.56 Å². The van der Waals surface area contributed by atoms with Gasteiger partial charge < -0.3 is 5.73 Å². The van der Waals surface area contributed by atoms with Crippen LogP contribution in [0.25, 0.3) is 0 Å². The van der Waals surface area contributed by atoms with Crippen molar-refractivity contribution in [3.8, 4) is 0 Å². The molecule has 0 saturated carbocycles. The molecule has 0 bridgehead atoms. The second-order valence-corrected chi connectivity index (χ2v) is 6.70. The van der Waals surface area contributed by atoms with Crippen LogP contribution < -0.4 is 10.5 Å². The molecule has 2 aromatic carbocycles. The van der Waals surface area contributed by atoms with E-state index in [0.29, 0.717) is 22.5 Å². The molecule has 0 heterocycles. The quantitative estimate of drug-likeness (QED) is 0.856. The number of halogens is 1. The molecule has 2 aromatic rings. The average molecular weight is 308 g/mol. The first kappa shape index (κ1) is 15.3. The molecule has 0 atom stereocenters. The maximum atomic E-state index is 13.2. The lowest BCUT2D eigenvalue weighted by Gasteiger charge is -2.13. The third-order valence-electron chi connectivity index (χ3n) is 3.24. The molecule has 0 aromatic heterocycles. The largest absolute Gasteiger partial charge is 0.398 e. The Kier molecular flexibility index (Phi) is 3.91. The Morgan fingerprint density at radius 3 is 2.38 bits per heavy atom. The second-order valence-electron chi connectivity index (χ2n) is 5.05. The van der Waals surface area contributed by atoms with Gasteiger partial charge in [-0.1, -0.05) is 0 Å². The van der Waals surface area contributed by atoms with Gasteiger partial charge in [0.1, 0.15) is 5.82 Å². The number of rotatable bonds is 3. The van der Waals surface area contributed by atoms with E-state index in [1.54, 1.807) is 32.9 Å². The van der Waals surface area contributed by atoms with Gasteiger partial charge in [-0.05, 0) is 67.8 Å². The van der Waals surface area contributed by atoms with E-state index in [4.69, 9.17) is 5.73 Å². The van der Waals surface area contributed by atoms with E-state index < -0.39 is 10.0 Å². The first-order chi connectivity index (χ1) is 9.70. The van der Waals surface area contributed by atoms with Crippen molar-refractivity contribution in [2.24, 2.45) is 0 Å². The first-order valence-corrected chi connectivity index (χ1v) is 7.85. The van der Waals surface area contributed by atoms with Crippen molar-refractivity contribution >= 4 is 21.4 Å². The summed E-state index contributed by atoms with van der Waals surface area (Å²) in [7, 11) is -3.77. The van der Waals surface area contributed by atoms with Gasteiger partial charge in [0.25, 0.3) is 10.0 Å². The minimum Gasteiger partial charge on any atom is -0.398 e. The maximum Gasteiger partial charge on any atom is 0.262 e. The van der Waals surface area contributed by atoms with Gasteiger partial charge in [0, 0.05) is 11.4 Å². The second kappa shape index (κ2) is 5.37. The number of nitrogens with two attached hydrogens (primary N) is 1. The van der Waals surface area contributed by atoms with Gasteiger partial charge >= 0.3 is 0 Å². The summed E-state index contributed by atoms with van der Waals surface area (Å²) in [6.45, 7) is 5.00. The molecular formula is C15H17FN2O2S. The van der Waals surface area contributed by atoms with Crippen LogP contribution in [0.5, 0.6) is 0 Å². The maximum absolute atomic E-state index is 13.2. The van der Waals surface area contributed by atoms with Gasteiger partial charge in [-0.25, -0.2) is 12.8 Å². The number of sulfonamides is 1. The molecule has 0 aliphatic heterocycles. The van der Waals surface area contributed by atoms with Crippen molar-refractivity contribution in [2.75, 3.05) is 10.5 Å². The monoisotopic (exact) mass is 308 g/mol. The van der Waals surface area contributed by atoms with Crippen LogP contribution in [0.1, 0.15) is 16.7 Å². The van der Waals surface area contributed by atoms with Crippen molar-refractivity contribution in [2.45, 2.75) is 25.7 Å². The zero-order valence-corrected chi connectivity index (χ0v) is 12.9. The van der Waals surface area contributed by atoms with Gasteiger partial charge in [-0.2, -0.15) is 0 Å². The van der Waals surface area contributed by atoms with Crippen LogP contribution in [0.2, 0.25) is 0 Å². The number of hydrogen-bond donors (Lipinski definition) is 2. The van der Waals surface area contributed by atoms with Gasteiger partial charge in [-0.3, -0.25) is 4.72 Å². The molecule has 0 spiro atoms. The standard InChI is InChI=1S/C15H17FN2O2S/c1-9-6-14(17)11(3)15(7-9)21(19,20)18-12-4-5-13(16)10(2)8-12/h4-8,18H,17H2,1-3H3. The van der Waals surface area contributed by atoms with Crippen LogP contribution in [0.15, 0.2) is 35.2 Å². The first-order valence-electron chi connectivity index (χ1n) is 6.36. The van der Waals surface area contributed by atoms with E-state index in [-0.39, 0.29) is 10.7 Å². The lowest BCUT2D eigenvalue weighted by atomic mass is 10.1. The number of nitrogens with one attached hydrogen (secondary N) is 1. The van der Waals surface area contributed by atoms with Crippen molar-refractivity contribution < 1.29 is 12.8 Å². The molecule has 112 valence electrons. The Morgan fingerprint density at radius 2 is 1.76 bits per heavy atom. The molecule has 3 N–H and O–H groups in total. The van der Waals surface area contributed by atoms with E-state index in [1.807, 2.05) is 0 Å². The highest BCUT2D eigenvalue weighted by molar-refractivity contribution is 7.92. The summed E-state index contributed by atoms with van der Waals surface area (Å²) >= 11 is 0. The molecule has 4 nitrogen and oxygen atoms in total. The molecule has 0 aliphatic carbocycles. The van der Waals surface area contributed by atoms with Crippen LogP contribution in [-0.4, -0.2) is 8.42 Å². The summed E-state index contributed by atoms with van der Waals surface area (Å²) in [6.07, 6.45) is 0. The Labute approximate surface area is 123 Å². The molecule has 0 fully saturated rings. The highest BCUT2D eigenvalue weighted by Crippen LogP contribution is 2.25. The predicted octanol–water partition coefficient (Wildman–Crippen LogP) is 3.13.